The monoisotopic (exact) mass is 515 g/mol. The van der Waals surface area contributed by atoms with Crippen LogP contribution in [0.25, 0.3) is 0 Å². The number of anilines is 3. The molecule has 198 valence electrons. The molecule has 2 unspecified atom stereocenters. The molecule has 0 aliphatic carbocycles. The molecule has 2 aliphatic heterocycles. The molecule has 0 spiro atoms. The molecule has 2 heterocycles. The number of benzene rings is 3. The molecule has 2 amide bonds. The summed E-state index contributed by atoms with van der Waals surface area (Å²) in [5, 5.41) is 12.0. The molecule has 2 aliphatic rings. The number of amides is 2. The summed E-state index contributed by atoms with van der Waals surface area (Å²) in [5.41, 5.74) is 4.82. The van der Waals surface area contributed by atoms with Gasteiger partial charge in [-0.1, -0.05) is 42.5 Å². The van der Waals surface area contributed by atoms with Gasteiger partial charge in [0.25, 0.3) is 0 Å². The van der Waals surface area contributed by atoms with Crippen LogP contribution >= 0.6 is 0 Å². The van der Waals surface area contributed by atoms with Gasteiger partial charge >= 0.3 is 0 Å². The smallest absolute Gasteiger partial charge is 0.241 e. The lowest BCUT2D eigenvalue weighted by atomic mass is 10.1. The van der Waals surface area contributed by atoms with Crippen LogP contribution in [0.3, 0.4) is 0 Å². The number of alkyl halides is 1. The van der Waals surface area contributed by atoms with Crippen molar-refractivity contribution in [3.8, 4) is 0 Å². The van der Waals surface area contributed by atoms with Crippen molar-refractivity contribution in [3.63, 3.8) is 0 Å². The Labute approximate surface area is 222 Å². The summed E-state index contributed by atoms with van der Waals surface area (Å²) in [6, 6.07) is 25.4. The molecule has 2 saturated heterocycles. The SMILES string of the molecule is O=C(Nc1ccc(CN(Cc2ccc(NC(=O)[C@@H]3CCCN3)cc2)c2ccccc2)cc1)C1CC(F)CN1. The van der Waals surface area contributed by atoms with E-state index < -0.39 is 12.2 Å². The molecule has 0 saturated carbocycles. The summed E-state index contributed by atoms with van der Waals surface area (Å²) in [5.74, 6) is -0.185. The van der Waals surface area contributed by atoms with Crippen LogP contribution in [0.2, 0.25) is 0 Å². The second-order valence-corrected chi connectivity index (χ2v) is 10.0. The topological polar surface area (TPSA) is 85.5 Å². The molecule has 4 N–H and O–H groups in total. The molecule has 0 radical (unpaired) electrons. The van der Waals surface area contributed by atoms with Crippen molar-refractivity contribution >= 4 is 28.9 Å². The van der Waals surface area contributed by atoms with E-state index in [0.29, 0.717) is 18.8 Å². The van der Waals surface area contributed by atoms with Gasteiger partial charge in [0, 0.05) is 43.1 Å². The minimum Gasteiger partial charge on any atom is -0.363 e. The number of carbonyl (C=O) groups excluding carboxylic acids is 2. The lowest BCUT2D eigenvalue weighted by Crippen LogP contribution is -2.35. The van der Waals surface area contributed by atoms with Crippen LogP contribution in [0.4, 0.5) is 21.5 Å². The van der Waals surface area contributed by atoms with Crippen molar-refractivity contribution in [3.05, 3.63) is 90.0 Å². The van der Waals surface area contributed by atoms with Crippen LogP contribution in [-0.2, 0) is 22.7 Å². The fraction of sp³-hybridized carbons (Fsp3) is 0.333. The first-order valence-electron chi connectivity index (χ1n) is 13.2. The third-order valence-corrected chi connectivity index (χ3v) is 7.08. The van der Waals surface area contributed by atoms with Crippen LogP contribution in [0.1, 0.15) is 30.4 Å². The van der Waals surface area contributed by atoms with Crippen molar-refractivity contribution in [2.45, 2.75) is 50.6 Å². The number of halogens is 1. The maximum atomic E-state index is 13.4. The van der Waals surface area contributed by atoms with Crippen molar-refractivity contribution in [1.82, 2.24) is 10.6 Å². The highest BCUT2D eigenvalue weighted by molar-refractivity contribution is 5.95. The van der Waals surface area contributed by atoms with Gasteiger partial charge in [0.15, 0.2) is 0 Å². The zero-order valence-electron chi connectivity index (χ0n) is 21.3. The van der Waals surface area contributed by atoms with Crippen LogP contribution in [0.15, 0.2) is 78.9 Å². The van der Waals surface area contributed by atoms with Gasteiger partial charge in [-0.25, -0.2) is 4.39 Å². The number of nitrogens with one attached hydrogen (secondary N) is 4. The number of hydrogen-bond acceptors (Lipinski definition) is 5. The van der Waals surface area contributed by atoms with Crippen molar-refractivity contribution in [2.75, 3.05) is 28.6 Å². The fourth-order valence-electron chi connectivity index (χ4n) is 4.96. The Balaban J connectivity index is 1.22. The Morgan fingerprint density at radius 3 is 1.87 bits per heavy atom. The first-order valence-corrected chi connectivity index (χ1v) is 13.2. The number of rotatable bonds is 9. The van der Waals surface area contributed by atoms with Gasteiger partial charge in [-0.2, -0.15) is 0 Å². The normalized spacial score (nSPS) is 20.7. The molecule has 2 fully saturated rings. The second kappa shape index (κ2) is 12.2. The van der Waals surface area contributed by atoms with E-state index >= 15 is 0 Å². The highest BCUT2D eigenvalue weighted by atomic mass is 19.1. The third kappa shape index (κ3) is 6.76. The Morgan fingerprint density at radius 1 is 0.789 bits per heavy atom. The van der Waals surface area contributed by atoms with Gasteiger partial charge in [-0.3, -0.25) is 9.59 Å². The molecule has 0 aromatic heterocycles. The minimum atomic E-state index is -0.971. The van der Waals surface area contributed by atoms with Gasteiger partial charge < -0.3 is 26.2 Å². The lowest BCUT2D eigenvalue weighted by Gasteiger charge is -2.25. The first kappa shape index (κ1) is 25.9. The number of para-hydroxylation sites is 1. The molecule has 3 aromatic carbocycles. The Morgan fingerprint density at radius 2 is 1.37 bits per heavy atom. The molecule has 3 aromatic rings. The maximum absolute atomic E-state index is 13.4. The zero-order chi connectivity index (χ0) is 26.3. The maximum Gasteiger partial charge on any atom is 0.241 e. The van der Waals surface area contributed by atoms with E-state index in [0.717, 1.165) is 41.9 Å². The van der Waals surface area contributed by atoms with E-state index in [1.54, 1.807) is 0 Å². The lowest BCUT2D eigenvalue weighted by molar-refractivity contribution is -0.118. The predicted molar refractivity (Wildman–Crippen MR) is 149 cm³/mol. The van der Waals surface area contributed by atoms with Gasteiger partial charge in [0.1, 0.15) is 6.17 Å². The largest absolute Gasteiger partial charge is 0.363 e. The summed E-state index contributed by atoms with van der Waals surface area (Å²) < 4.78 is 13.4. The average Bonchev–Trinajstić information content (AvgIpc) is 3.63. The Kier molecular flexibility index (Phi) is 8.31. The minimum absolute atomic E-state index is 0.0203. The first-order chi connectivity index (χ1) is 18.5. The molecule has 3 atom stereocenters. The fourth-order valence-corrected chi connectivity index (χ4v) is 4.96. The summed E-state index contributed by atoms with van der Waals surface area (Å²) in [6.45, 7) is 2.49. The van der Waals surface area contributed by atoms with Crippen LogP contribution in [-0.4, -0.2) is 43.2 Å². The number of hydrogen-bond donors (Lipinski definition) is 4. The predicted octanol–water partition coefficient (Wildman–Crippen LogP) is 4.22. The highest BCUT2D eigenvalue weighted by Crippen LogP contribution is 2.22. The summed E-state index contributed by atoms with van der Waals surface area (Å²) in [7, 11) is 0. The van der Waals surface area contributed by atoms with Crippen molar-refractivity contribution in [2.24, 2.45) is 0 Å². The average molecular weight is 516 g/mol. The quantitative estimate of drug-likeness (QED) is 0.343. The van der Waals surface area contributed by atoms with E-state index in [1.807, 2.05) is 66.7 Å². The van der Waals surface area contributed by atoms with Crippen molar-refractivity contribution in [1.29, 1.82) is 0 Å². The Hall–Kier alpha value is -3.75. The number of nitrogens with zero attached hydrogens (tertiary/aromatic N) is 1. The Bertz CT molecular complexity index is 1210. The van der Waals surface area contributed by atoms with Crippen molar-refractivity contribution < 1.29 is 14.0 Å². The zero-order valence-corrected chi connectivity index (χ0v) is 21.3. The third-order valence-electron chi connectivity index (χ3n) is 7.08. The molecule has 8 heteroatoms. The van der Waals surface area contributed by atoms with Crippen LogP contribution in [0, 0.1) is 0 Å². The van der Waals surface area contributed by atoms with E-state index in [9.17, 15) is 14.0 Å². The van der Waals surface area contributed by atoms with E-state index in [-0.39, 0.29) is 30.8 Å². The number of carbonyl (C=O) groups is 2. The summed E-state index contributed by atoms with van der Waals surface area (Å²) >= 11 is 0. The van der Waals surface area contributed by atoms with Gasteiger partial charge in [0.05, 0.1) is 12.1 Å². The van der Waals surface area contributed by atoms with Crippen LogP contribution in [0.5, 0.6) is 0 Å². The van der Waals surface area contributed by atoms with Gasteiger partial charge in [-0.05, 0) is 66.9 Å². The van der Waals surface area contributed by atoms with Gasteiger partial charge in [0.2, 0.25) is 11.8 Å². The molecule has 5 rings (SSSR count). The van der Waals surface area contributed by atoms with E-state index in [1.165, 1.54) is 0 Å². The molecular weight excluding hydrogens is 481 g/mol. The van der Waals surface area contributed by atoms with Gasteiger partial charge in [-0.15, -0.1) is 0 Å². The molecule has 0 bridgehead atoms. The summed E-state index contributed by atoms with van der Waals surface area (Å²) in [4.78, 5) is 27.1. The second-order valence-electron chi connectivity index (χ2n) is 10.0. The van der Waals surface area contributed by atoms with E-state index in [2.05, 4.69) is 38.3 Å². The highest BCUT2D eigenvalue weighted by Gasteiger charge is 2.29. The van der Waals surface area contributed by atoms with Crippen LogP contribution < -0.4 is 26.2 Å². The molecule has 7 nitrogen and oxygen atoms in total. The summed E-state index contributed by atoms with van der Waals surface area (Å²) in [6.07, 6.45) is 1.14. The van der Waals surface area contributed by atoms with E-state index in [4.69, 9.17) is 0 Å². The molecular formula is C30H34FN5O2. The standard InChI is InChI=1S/C30H34FN5O2/c31-23-17-28(33-18-23)30(38)35-25-14-10-22(11-15-25)20-36(26-5-2-1-3-6-26)19-21-8-12-24(13-9-21)34-29(37)27-7-4-16-32-27/h1-3,5-6,8-15,23,27-28,32-33H,4,7,16-20H2,(H,34,37)(H,35,38)/t23?,27-,28?/m0/s1. The molecule has 38 heavy (non-hydrogen) atoms.